The van der Waals surface area contributed by atoms with Gasteiger partial charge in [-0.25, -0.2) is 4.98 Å². The monoisotopic (exact) mass is 450 g/mol. The summed E-state index contributed by atoms with van der Waals surface area (Å²) >= 11 is 0. The summed E-state index contributed by atoms with van der Waals surface area (Å²) in [7, 11) is 0. The van der Waals surface area contributed by atoms with Crippen molar-refractivity contribution in [3.8, 4) is 22.4 Å². The third-order valence-corrected chi connectivity index (χ3v) is 5.93. The summed E-state index contributed by atoms with van der Waals surface area (Å²) in [4.78, 5) is 9.24. The van der Waals surface area contributed by atoms with Gasteiger partial charge < -0.3 is 4.42 Å². The van der Waals surface area contributed by atoms with Crippen LogP contribution in [0, 0.1) is 5.41 Å². The molecule has 0 saturated carbocycles. The van der Waals surface area contributed by atoms with E-state index in [1.807, 2.05) is 51.2 Å². The van der Waals surface area contributed by atoms with Crippen molar-refractivity contribution in [2.45, 2.75) is 53.3 Å². The average Bonchev–Trinajstić information content (AvgIpc) is 3.26. The number of nitrogens with zero attached hydrogens (tertiary/aromatic N) is 2. The normalized spacial score (nSPS) is 13.8. The molecule has 172 valence electrons. The van der Waals surface area contributed by atoms with E-state index >= 15 is 0 Å². The van der Waals surface area contributed by atoms with Crippen LogP contribution in [0.1, 0.15) is 55.7 Å². The Hall–Kier alpha value is -3.46. The lowest BCUT2D eigenvalue weighted by Crippen LogP contribution is -2.12. The largest absolute Gasteiger partial charge is 0.441 e. The summed E-state index contributed by atoms with van der Waals surface area (Å²) in [5.74, 6) is 0.114. The first-order valence-corrected chi connectivity index (χ1v) is 11.8. The first kappa shape index (κ1) is 20.0. The molecule has 0 saturated heterocycles. The molecule has 3 nitrogen and oxygen atoms in total. The van der Waals surface area contributed by atoms with Gasteiger partial charge in [0.1, 0.15) is 5.52 Å². The third-order valence-electron chi connectivity index (χ3n) is 5.93. The zero-order chi connectivity index (χ0) is 25.9. The van der Waals surface area contributed by atoms with Crippen LogP contribution in [0.2, 0.25) is 0 Å². The number of benzene rings is 3. The topological polar surface area (TPSA) is 38.9 Å². The minimum Gasteiger partial charge on any atom is -0.441 e. The van der Waals surface area contributed by atoms with Crippen LogP contribution >= 0.6 is 0 Å². The molecule has 0 radical (unpaired) electrons. The maximum absolute atomic E-state index is 8.51. The summed E-state index contributed by atoms with van der Waals surface area (Å²) in [5, 5.41) is 2.48. The fourth-order valence-corrected chi connectivity index (χ4v) is 4.33. The molecule has 3 heteroatoms. The number of fused-ring (bicyclic) bond motifs is 2. The second-order valence-electron chi connectivity index (χ2n) is 11.0. The molecule has 0 bridgehead atoms. The molecule has 2 heterocycles. The van der Waals surface area contributed by atoms with Gasteiger partial charge in [0.15, 0.2) is 11.5 Å². The van der Waals surface area contributed by atoms with Gasteiger partial charge in [-0.3, -0.25) is 4.98 Å². The Morgan fingerprint density at radius 2 is 1.59 bits per heavy atom. The second kappa shape index (κ2) is 8.09. The summed E-state index contributed by atoms with van der Waals surface area (Å²) in [6.07, 6.45) is 0.157. The molecule has 0 aliphatic carbocycles. The first-order valence-electron chi connectivity index (χ1n) is 12.8. The Morgan fingerprint density at radius 3 is 2.35 bits per heavy atom. The second-order valence-corrected chi connectivity index (χ2v) is 11.0. The lowest BCUT2D eigenvalue weighted by molar-refractivity contribution is 0.362. The van der Waals surface area contributed by atoms with Gasteiger partial charge in [0.2, 0.25) is 0 Å². The Kier molecular flexibility index (Phi) is 4.75. The Balaban J connectivity index is 1.58. The van der Waals surface area contributed by atoms with Crippen molar-refractivity contribution in [2.75, 3.05) is 0 Å². The molecule has 0 fully saturated rings. The van der Waals surface area contributed by atoms with E-state index < -0.39 is 11.8 Å². The van der Waals surface area contributed by atoms with Crippen LogP contribution in [0.25, 0.3) is 44.3 Å². The minimum atomic E-state index is -1.68. The molecule has 0 aliphatic rings. The number of pyridine rings is 1. The van der Waals surface area contributed by atoms with Crippen molar-refractivity contribution < 1.29 is 7.16 Å². The average molecular weight is 451 g/mol. The van der Waals surface area contributed by atoms with E-state index in [0.717, 1.165) is 22.4 Å². The first-order chi connectivity index (χ1) is 16.8. The van der Waals surface area contributed by atoms with E-state index in [1.54, 1.807) is 0 Å². The van der Waals surface area contributed by atoms with Crippen molar-refractivity contribution in [3.05, 3.63) is 84.4 Å². The maximum atomic E-state index is 8.51. The zero-order valence-corrected chi connectivity index (χ0v) is 20.7. The van der Waals surface area contributed by atoms with Crippen molar-refractivity contribution in [3.63, 3.8) is 0 Å². The Bertz CT molecular complexity index is 1590. The van der Waals surface area contributed by atoms with E-state index in [0.29, 0.717) is 11.1 Å². The third kappa shape index (κ3) is 4.48. The molecule has 0 N–H and O–H groups in total. The van der Waals surface area contributed by atoms with Crippen molar-refractivity contribution in [2.24, 2.45) is 5.41 Å². The molecule has 5 rings (SSSR count). The molecule has 5 aromatic rings. The van der Waals surface area contributed by atoms with Crippen LogP contribution in [-0.4, -0.2) is 9.97 Å². The van der Waals surface area contributed by atoms with Gasteiger partial charge in [-0.2, -0.15) is 0 Å². The fraction of sp³-hybridized carbons (Fsp3) is 0.290. The highest BCUT2D eigenvalue weighted by molar-refractivity contribution is 5.91. The van der Waals surface area contributed by atoms with Gasteiger partial charge in [0.05, 0.1) is 5.69 Å². The molecular weight excluding hydrogens is 416 g/mol. The van der Waals surface area contributed by atoms with Crippen molar-refractivity contribution in [1.82, 2.24) is 9.97 Å². The predicted octanol–water partition coefficient (Wildman–Crippen LogP) is 8.60. The maximum Gasteiger partial charge on any atom is 0.195 e. The Morgan fingerprint density at radius 1 is 0.824 bits per heavy atom. The number of hydrogen-bond donors (Lipinski definition) is 0. The number of oxazole rings is 1. The SMILES string of the molecule is [2H]C([2H])(c1nc2cc(-c3ccnc(-c4cc(C(C)(C)C)c5ccccc5c4)c3)ccc2o1)C(C)(C)C. The summed E-state index contributed by atoms with van der Waals surface area (Å²) in [6, 6.07) is 22.9. The smallest absolute Gasteiger partial charge is 0.195 e. The van der Waals surface area contributed by atoms with E-state index in [-0.39, 0.29) is 11.3 Å². The molecular formula is C31H32N2O. The van der Waals surface area contributed by atoms with Crippen LogP contribution in [-0.2, 0) is 11.8 Å². The van der Waals surface area contributed by atoms with Gasteiger partial charge in [-0.05, 0) is 74.7 Å². The summed E-state index contributed by atoms with van der Waals surface area (Å²) < 4.78 is 22.9. The molecule has 0 unspecified atom stereocenters. The van der Waals surface area contributed by atoms with E-state index in [1.165, 1.54) is 16.3 Å². The quantitative estimate of drug-likeness (QED) is 0.276. The molecule has 0 amide bonds. The standard InChI is InChI=1S/C31H32N2O/c1-30(2,3)19-29-33-27-18-20(11-12-28(27)34-29)21-13-14-32-26(17-21)23-15-22-9-7-8-10-24(22)25(16-23)31(4,5)6/h7-18H,19H2,1-6H3/i19D2. The highest BCUT2D eigenvalue weighted by atomic mass is 16.3. The summed E-state index contributed by atoms with van der Waals surface area (Å²) in [6.45, 7) is 12.3. The lowest BCUT2D eigenvalue weighted by atomic mass is 9.82. The lowest BCUT2D eigenvalue weighted by Gasteiger charge is -2.22. The molecule has 0 spiro atoms. The number of rotatable bonds is 3. The molecule has 0 atom stereocenters. The van der Waals surface area contributed by atoms with E-state index in [4.69, 9.17) is 12.1 Å². The zero-order valence-electron chi connectivity index (χ0n) is 22.7. The highest BCUT2D eigenvalue weighted by Gasteiger charge is 2.19. The van der Waals surface area contributed by atoms with Gasteiger partial charge in [-0.15, -0.1) is 0 Å². The van der Waals surface area contributed by atoms with E-state index in [9.17, 15) is 0 Å². The van der Waals surface area contributed by atoms with Crippen LogP contribution in [0.5, 0.6) is 0 Å². The van der Waals surface area contributed by atoms with Gasteiger partial charge in [0, 0.05) is 20.9 Å². The van der Waals surface area contributed by atoms with Crippen LogP contribution in [0.4, 0.5) is 0 Å². The van der Waals surface area contributed by atoms with Gasteiger partial charge >= 0.3 is 0 Å². The van der Waals surface area contributed by atoms with Crippen molar-refractivity contribution in [1.29, 1.82) is 0 Å². The van der Waals surface area contributed by atoms with Gasteiger partial charge in [-0.1, -0.05) is 71.9 Å². The van der Waals surface area contributed by atoms with Gasteiger partial charge in [0.25, 0.3) is 0 Å². The molecule has 2 aromatic heterocycles. The minimum absolute atomic E-state index is 0.000887. The fourth-order valence-electron chi connectivity index (χ4n) is 4.33. The summed E-state index contributed by atoms with van der Waals surface area (Å²) in [5.41, 5.74) is 5.90. The number of aromatic nitrogens is 2. The molecule has 3 aromatic carbocycles. The van der Waals surface area contributed by atoms with Crippen molar-refractivity contribution >= 4 is 21.9 Å². The number of hydrogen-bond acceptors (Lipinski definition) is 3. The highest BCUT2D eigenvalue weighted by Crippen LogP contribution is 2.35. The van der Waals surface area contributed by atoms with Crippen LogP contribution in [0.3, 0.4) is 0 Å². The Labute approximate surface area is 204 Å². The van der Waals surface area contributed by atoms with E-state index in [2.05, 4.69) is 68.2 Å². The molecule has 0 aliphatic heterocycles. The predicted molar refractivity (Wildman–Crippen MR) is 142 cm³/mol. The molecule has 34 heavy (non-hydrogen) atoms. The van der Waals surface area contributed by atoms with Crippen LogP contribution in [0.15, 0.2) is 77.3 Å². The van der Waals surface area contributed by atoms with Crippen LogP contribution < -0.4 is 0 Å².